The van der Waals surface area contributed by atoms with Crippen LogP contribution in [-0.4, -0.2) is 19.0 Å². The third kappa shape index (κ3) is 4.53. The fourth-order valence-corrected chi connectivity index (χ4v) is 2.14. The number of amides is 1. The average molecular weight is 307 g/mol. The molecule has 5 heteroatoms. The summed E-state index contributed by atoms with van der Waals surface area (Å²) in [4.78, 5) is 12.3. The van der Waals surface area contributed by atoms with Gasteiger partial charge < -0.3 is 15.1 Å². The summed E-state index contributed by atoms with van der Waals surface area (Å²) < 4.78 is 5.23. The van der Waals surface area contributed by atoms with E-state index in [9.17, 15) is 4.79 Å². The molecule has 1 heterocycles. The molecule has 112 valence electrons. The molecule has 0 bridgehead atoms. The van der Waals surface area contributed by atoms with Gasteiger partial charge in [-0.05, 0) is 36.8 Å². The summed E-state index contributed by atoms with van der Waals surface area (Å²) in [5, 5.41) is 6.67. The number of furan rings is 1. The second kappa shape index (κ2) is 7.74. The first kappa shape index (κ1) is 15.4. The Morgan fingerprint density at radius 3 is 2.86 bits per heavy atom. The highest BCUT2D eigenvalue weighted by Crippen LogP contribution is 2.20. The molecule has 0 saturated heterocycles. The molecule has 21 heavy (non-hydrogen) atoms. The van der Waals surface area contributed by atoms with E-state index in [1.807, 2.05) is 18.2 Å². The monoisotopic (exact) mass is 306 g/mol. The molecule has 2 aromatic rings. The molecule has 4 nitrogen and oxygen atoms in total. The van der Waals surface area contributed by atoms with E-state index in [0.717, 1.165) is 24.4 Å². The van der Waals surface area contributed by atoms with Crippen LogP contribution < -0.4 is 10.6 Å². The number of halogens is 1. The zero-order chi connectivity index (χ0) is 15.1. The Hall–Kier alpha value is -1.94. The molecular formula is C16H19ClN2O2. The highest BCUT2D eigenvalue weighted by Gasteiger charge is 2.11. The van der Waals surface area contributed by atoms with E-state index in [0.29, 0.717) is 23.6 Å². The van der Waals surface area contributed by atoms with Crippen LogP contribution in [0.3, 0.4) is 0 Å². The van der Waals surface area contributed by atoms with E-state index >= 15 is 0 Å². The van der Waals surface area contributed by atoms with E-state index in [2.05, 4.69) is 17.6 Å². The Labute approximate surface area is 129 Å². The molecule has 0 radical (unpaired) electrons. The van der Waals surface area contributed by atoms with Crippen molar-refractivity contribution in [3.63, 3.8) is 0 Å². The van der Waals surface area contributed by atoms with Gasteiger partial charge in [0.1, 0.15) is 5.76 Å². The Balaban J connectivity index is 1.98. The summed E-state index contributed by atoms with van der Waals surface area (Å²) in [5.41, 5.74) is 1.37. The van der Waals surface area contributed by atoms with Crippen molar-refractivity contribution in [2.75, 3.05) is 18.4 Å². The largest absolute Gasteiger partial charge is 0.469 e. The van der Waals surface area contributed by atoms with Crippen LogP contribution >= 0.6 is 11.6 Å². The SMILES string of the molecule is CCCNc1ccc(Cl)cc1C(=O)NCCc1ccco1. The maximum Gasteiger partial charge on any atom is 0.253 e. The predicted molar refractivity (Wildman–Crippen MR) is 85.0 cm³/mol. The van der Waals surface area contributed by atoms with E-state index in [-0.39, 0.29) is 5.91 Å². The third-order valence-electron chi connectivity index (χ3n) is 3.03. The van der Waals surface area contributed by atoms with Crippen molar-refractivity contribution in [1.82, 2.24) is 5.32 Å². The van der Waals surface area contributed by atoms with Gasteiger partial charge in [0, 0.05) is 30.2 Å². The lowest BCUT2D eigenvalue weighted by molar-refractivity contribution is 0.0954. The molecule has 1 amide bonds. The number of rotatable bonds is 7. The lowest BCUT2D eigenvalue weighted by Crippen LogP contribution is -2.26. The molecule has 0 saturated carbocycles. The van der Waals surface area contributed by atoms with Crippen LogP contribution in [0, 0.1) is 0 Å². The predicted octanol–water partition coefficient (Wildman–Crippen LogP) is 3.73. The van der Waals surface area contributed by atoms with Gasteiger partial charge in [-0.15, -0.1) is 0 Å². The molecule has 0 unspecified atom stereocenters. The zero-order valence-electron chi connectivity index (χ0n) is 12.0. The minimum atomic E-state index is -0.136. The van der Waals surface area contributed by atoms with Gasteiger partial charge in [0.15, 0.2) is 0 Å². The normalized spacial score (nSPS) is 10.4. The number of hydrogen-bond donors (Lipinski definition) is 2. The maximum absolute atomic E-state index is 12.3. The van der Waals surface area contributed by atoms with Crippen molar-refractivity contribution in [2.24, 2.45) is 0 Å². The van der Waals surface area contributed by atoms with Crippen LogP contribution in [0.2, 0.25) is 5.02 Å². The first-order valence-corrected chi connectivity index (χ1v) is 7.42. The van der Waals surface area contributed by atoms with Gasteiger partial charge in [0.05, 0.1) is 11.8 Å². The van der Waals surface area contributed by atoms with Crippen molar-refractivity contribution >= 4 is 23.2 Å². The van der Waals surface area contributed by atoms with E-state index in [1.54, 1.807) is 18.4 Å². The summed E-state index contributed by atoms with van der Waals surface area (Å²) in [6.07, 6.45) is 3.28. The number of carbonyl (C=O) groups excluding carboxylic acids is 1. The molecule has 2 N–H and O–H groups in total. The summed E-state index contributed by atoms with van der Waals surface area (Å²) >= 11 is 5.99. The minimum absolute atomic E-state index is 0.136. The summed E-state index contributed by atoms with van der Waals surface area (Å²) in [6, 6.07) is 9.01. The minimum Gasteiger partial charge on any atom is -0.469 e. The first-order chi connectivity index (χ1) is 10.2. The third-order valence-corrected chi connectivity index (χ3v) is 3.26. The lowest BCUT2D eigenvalue weighted by atomic mass is 10.1. The van der Waals surface area contributed by atoms with Crippen LogP contribution in [0.1, 0.15) is 29.5 Å². The Bertz CT molecular complexity index is 582. The molecule has 2 rings (SSSR count). The first-order valence-electron chi connectivity index (χ1n) is 7.04. The van der Waals surface area contributed by atoms with Crippen LogP contribution in [-0.2, 0) is 6.42 Å². The molecule has 1 aromatic carbocycles. The van der Waals surface area contributed by atoms with Crippen molar-refractivity contribution in [3.8, 4) is 0 Å². The van der Waals surface area contributed by atoms with Gasteiger partial charge >= 0.3 is 0 Å². The molecule has 0 aliphatic rings. The van der Waals surface area contributed by atoms with E-state index in [1.165, 1.54) is 0 Å². The number of anilines is 1. The van der Waals surface area contributed by atoms with Crippen molar-refractivity contribution in [1.29, 1.82) is 0 Å². The lowest BCUT2D eigenvalue weighted by Gasteiger charge is -2.12. The number of carbonyl (C=O) groups is 1. The molecule has 0 atom stereocenters. The van der Waals surface area contributed by atoms with Gasteiger partial charge in [-0.3, -0.25) is 4.79 Å². The Morgan fingerprint density at radius 1 is 1.29 bits per heavy atom. The maximum atomic E-state index is 12.3. The van der Waals surface area contributed by atoms with Gasteiger partial charge in [-0.1, -0.05) is 18.5 Å². The van der Waals surface area contributed by atoms with Crippen LogP contribution in [0.4, 0.5) is 5.69 Å². The zero-order valence-corrected chi connectivity index (χ0v) is 12.7. The second-order valence-corrected chi connectivity index (χ2v) is 5.14. The van der Waals surface area contributed by atoms with Crippen molar-refractivity contribution in [2.45, 2.75) is 19.8 Å². The fourth-order valence-electron chi connectivity index (χ4n) is 1.97. The molecular weight excluding hydrogens is 288 g/mol. The molecule has 0 spiro atoms. The number of nitrogens with one attached hydrogen (secondary N) is 2. The molecule has 0 aliphatic heterocycles. The van der Waals surface area contributed by atoms with Crippen LogP contribution in [0.5, 0.6) is 0 Å². The second-order valence-electron chi connectivity index (χ2n) is 4.70. The van der Waals surface area contributed by atoms with E-state index in [4.69, 9.17) is 16.0 Å². The average Bonchev–Trinajstić information content (AvgIpc) is 2.99. The molecule has 1 aromatic heterocycles. The van der Waals surface area contributed by atoms with Crippen molar-refractivity contribution in [3.05, 3.63) is 52.9 Å². The molecule has 0 aliphatic carbocycles. The fraction of sp³-hybridized carbons (Fsp3) is 0.312. The van der Waals surface area contributed by atoms with Gasteiger partial charge in [-0.2, -0.15) is 0 Å². The standard InChI is InChI=1S/C16H19ClN2O2/c1-2-8-18-15-6-5-12(17)11-14(15)16(20)19-9-7-13-4-3-10-21-13/h3-6,10-11,18H,2,7-9H2,1H3,(H,19,20). The summed E-state index contributed by atoms with van der Waals surface area (Å²) in [5.74, 6) is 0.716. The highest BCUT2D eigenvalue weighted by atomic mass is 35.5. The number of benzene rings is 1. The molecule has 0 fully saturated rings. The Morgan fingerprint density at radius 2 is 2.14 bits per heavy atom. The highest BCUT2D eigenvalue weighted by molar-refractivity contribution is 6.31. The smallest absolute Gasteiger partial charge is 0.253 e. The summed E-state index contributed by atoms with van der Waals surface area (Å²) in [6.45, 7) is 3.41. The van der Waals surface area contributed by atoms with Crippen molar-refractivity contribution < 1.29 is 9.21 Å². The van der Waals surface area contributed by atoms with Gasteiger partial charge in [0.2, 0.25) is 0 Å². The van der Waals surface area contributed by atoms with Crippen LogP contribution in [0.25, 0.3) is 0 Å². The summed E-state index contributed by atoms with van der Waals surface area (Å²) in [7, 11) is 0. The van der Waals surface area contributed by atoms with E-state index < -0.39 is 0 Å². The number of hydrogen-bond acceptors (Lipinski definition) is 3. The topological polar surface area (TPSA) is 54.3 Å². The van der Waals surface area contributed by atoms with Gasteiger partial charge in [-0.25, -0.2) is 0 Å². The van der Waals surface area contributed by atoms with Crippen LogP contribution in [0.15, 0.2) is 41.0 Å². The van der Waals surface area contributed by atoms with Gasteiger partial charge in [0.25, 0.3) is 5.91 Å². The quantitative estimate of drug-likeness (QED) is 0.819. The Kier molecular flexibility index (Phi) is 5.69.